The molecule has 0 atom stereocenters. The first-order valence-electron chi connectivity index (χ1n) is 5.38. The molecule has 0 fully saturated rings. The zero-order chi connectivity index (χ0) is 12.4. The molecule has 0 radical (unpaired) electrons. The molecule has 0 spiro atoms. The minimum absolute atomic E-state index is 0.243. The van der Waals surface area contributed by atoms with E-state index >= 15 is 0 Å². The highest BCUT2D eigenvalue weighted by Gasteiger charge is 2.12. The first kappa shape index (κ1) is 11.4. The quantitative estimate of drug-likeness (QED) is 0.861. The number of aromatic carboxylic acids is 1. The van der Waals surface area contributed by atoms with Crippen molar-refractivity contribution in [2.75, 3.05) is 0 Å². The van der Waals surface area contributed by atoms with Crippen LogP contribution in [0.3, 0.4) is 0 Å². The summed E-state index contributed by atoms with van der Waals surface area (Å²) in [5, 5.41) is 13.1. The normalized spacial score (nSPS) is 10.7. The Bertz CT molecular complexity index is 541. The topological polar surface area (TPSA) is 72.9 Å². The van der Waals surface area contributed by atoms with Gasteiger partial charge >= 0.3 is 5.97 Å². The number of nitrogens with zero attached hydrogens (tertiary/aromatic N) is 4. The van der Waals surface area contributed by atoms with Crippen LogP contribution in [-0.2, 0) is 13.1 Å². The van der Waals surface area contributed by atoms with Crippen molar-refractivity contribution in [3.05, 3.63) is 35.7 Å². The summed E-state index contributed by atoms with van der Waals surface area (Å²) in [6, 6.07) is 0. The second-order valence-corrected chi connectivity index (χ2v) is 3.80. The third-order valence-electron chi connectivity index (χ3n) is 2.64. The van der Waals surface area contributed by atoms with Crippen molar-refractivity contribution in [3.63, 3.8) is 0 Å². The van der Waals surface area contributed by atoms with E-state index in [-0.39, 0.29) is 5.56 Å². The maximum Gasteiger partial charge on any atom is 0.339 e. The van der Waals surface area contributed by atoms with Gasteiger partial charge in [-0.3, -0.25) is 4.68 Å². The number of carbonyl (C=O) groups is 1. The van der Waals surface area contributed by atoms with Crippen LogP contribution in [0.4, 0.5) is 0 Å². The van der Waals surface area contributed by atoms with Crippen LogP contribution in [0.1, 0.15) is 28.7 Å². The van der Waals surface area contributed by atoms with Crippen LogP contribution in [-0.4, -0.2) is 30.4 Å². The molecule has 1 N–H and O–H groups in total. The average molecular weight is 234 g/mol. The summed E-state index contributed by atoms with van der Waals surface area (Å²) < 4.78 is 3.62. The number of aryl methyl sites for hydroxylation is 2. The maximum absolute atomic E-state index is 10.9. The molecule has 0 saturated heterocycles. The molecule has 2 rings (SSSR count). The van der Waals surface area contributed by atoms with E-state index in [2.05, 4.69) is 10.1 Å². The van der Waals surface area contributed by atoms with Crippen LogP contribution in [0, 0.1) is 6.92 Å². The van der Waals surface area contributed by atoms with Gasteiger partial charge in [0.1, 0.15) is 5.56 Å². The van der Waals surface area contributed by atoms with E-state index in [4.69, 9.17) is 5.11 Å². The van der Waals surface area contributed by atoms with Gasteiger partial charge in [-0.1, -0.05) is 0 Å². The lowest BCUT2D eigenvalue weighted by Gasteiger charge is -2.04. The summed E-state index contributed by atoms with van der Waals surface area (Å²) in [5.74, 6) is -0.947. The van der Waals surface area contributed by atoms with Crippen LogP contribution >= 0.6 is 0 Å². The number of hydrogen-bond donors (Lipinski definition) is 1. The third-order valence-corrected chi connectivity index (χ3v) is 2.64. The lowest BCUT2D eigenvalue weighted by Crippen LogP contribution is -2.06. The molecule has 0 aliphatic rings. The standard InChI is InChI=1S/C11H14N4O2/c1-3-14-7-12-4-9(14)5-15-6-10(11(16)17)8(2)13-15/h4,6-7H,3,5H2,1-2H3,(H,16,17). The van der Waals surface area contributed by atoms with E-state index < -0.39 is 5.97 Å². The molecule has 90 valence electrons. The van der Waals surface area contributed by atoms with Crippen LogP contribution < -0.4 is 0 Å². The Kier molecular flexibility index (Phi) is 2.95. The second kappa shape index (κ2) is 4.40. The number of aromatic nitrogens is 4. The summed E-state index contributed by atoms with van der Waals surface area (Å²) >= 11 is 0. The molecule has 6 nitrogen and oxygen atoms in total. The van der Waals surface area contributed by atoms with Gasteiger partial charge in [-0.25, -0.2) is 9.78 Å². The second-order valence-electron chi connectivity index (χ2n) is 3.80. The maximum atomic E-state index is 10.9. The molecule has 0 aliphatic carbocycles. The molecular formula is C11H14N4O2. The van der Waals surface area contributed by atoms with E-state index in [0.29, 0.717) is 12.2 Å². The van der Waals surface area contributed by atoms with E-state index in [9.17, 15) is 4.79 Å². The molecule has 0 aromatic carbocycles. The smallest absolute Gasteiger partial charge is 0.339 e. The summed E-state index contributed by atoms with van der Waals surface area (Å²) in [5.41, 5.74) is 1.78. The summed E-state index contributed by atoms with van der Waals surface area (Å²) in [7, 11) is 0. The Labute approximate surface area is 98.5 Å². The van der Waals surface area contributed by atoms with Crippen LogP contribution in [0.15, 0.2) is 18.7 Å². The van der Waals surface area contributed by atoms with Gasteiger partial charge < -0.3 is 9.67 Å². The van der Waals surface area contributed by atoms with Gasteiger partial charge in [-0.05, 0) is 13.8 Å². The highest BCUT2D eigenvalue weighted by atomic mass is 16.4. The fourth-order valence-corrected chi connectivity index (χ4v) is 1.74. The van der Waals surface area contributed by atoms with E-state index in [0.717, 1.165) is 12.2 Å². The van der Waals surface area contributed by atoms with Crippen molar-refractivity contribution in [3.8, 4) is 0 Å². The summed E-state index contributed by atoms with van der Waals surface area (Å²) in [6.45, 7) is 5.09. The van der Waals surface area contributed by atoms with E-state index in [1.54, 1.807) is 30.3 Å². The van der Waals surface area contributed by atoms with Crippen molar-refractivity contribution < 1.29 is 9.90 Å². The summed E-state index contributed by atoms with van der Waals surface area (Å²) in [6.07, 6.45) is 5.06. The molecule has 2 heterocycles. The number of carboxylic acid groups (broad SMARTS) is 1. The van der Waals surface area contributed by atoms with Gasteiger partial charge in [0.25, 0.3) is 0 Å². The minimum atomic E-state index is -0.947. The molecule has 0 amide bonds. The Hall–Kier alpha value is -2.11. The lowest BCUT2D eigenvalue weighted by molar-refractivity contribution is 0.0696. The SMILES string of the molecule is CCn1cncc1Cn1cc(C(=O)O)c(C)n1. The van der Waals surface area contributed by atoms with Crippen molar-refractivity contribution in [2.24, 2.45) is 0 Å². The highest BCUT2D eigenvalue weighted by molar-refractivity contribution is 5.88. The Morgan fingerprint density at radius 2 is 2.29 bits per heavy atom. The molecular weight excluding hydrogens is 220 g/mol. The zero-order valence-corrected chi connectivity index (χ0v) is 9.79. The van der Waals surface area contributed by atoms with Gasteiger partial charge in [-0.15, -0.1) is 0 Å². The fourth-order valence-electron chi connectivity index (χ4n) is 1.74. The largest absolute Gasteiger partial charge is 0.478 e. The molecule has 6 heteroatoms. The van der Waals surface area contributed by atoms with Gasteiger partial charge in [0, 0.05) is 12.7 Å². The predicted molar refractivity (Wildman–Crippen MR) is 60.9 cm³/mol. The monoisotopic (exact) mass is 234 g/mol. The van der Waals surface area contributed by atoms with E-state index in [1.165, 1.54) is 0 Å². The molecule has 2 aromatic heterocycles. The van der Waals surface area contributed by atoms with Crippen molar-refractivity contribution in [1.82, 2.24) is 19.3 Å². The van der Waals surface area contributed by atoms with Crippen LogP contribution in [0.25, 0.3) is 0 Å². The predicted octanol–water partition coefficient (Wildman–Crippen LogP) is 1.15. The zero-order valence-electron chi connectivity index (χ0n) is 9.79. The summed E-state index contributed by atoms with van der Waals surface area (Å²) in [4.78, 5) is 14.9. The first-order valence-corrected chi connectivity index (χ1v) is 5.38. The molecule has 0 aliphatic heterocycles. The highest BCUT2D eigenvalue weighted by Crippen LogP contribution is 2.08. The lowest BCUT2D eigenvalue weighted by atomic mass is 10.3. The van der Waals surface area contributed by atoms with Gasteiger partial charge in [0.2, 0.25) is 0 Å². The van der Waals surface area contributed by atoms with Crippen LogP contribution in [0.5, 0.6) is 0 Å². The van der Waals surface area contributed by atoms with Crippen molar-refractivity contribution in [2.45, 2.75) is 26.9 Å². The molecule has 0 unspecified atom stereocenters. The Morgan fingerprint density at radius 1 is 1.53 bits per heavy atom. The molecule has 2 aromatic rings. The number of carboxylic acids is 1. The number of hydrogen-bond acceptors (Lipinski definition) is 3. The Balaban J connectivity index is 2.25. The van der Waals surface area contributed by atoms with E-state index in [1.807, 2.05) is 11.5 Å². The minimum Gasteiger partial charge on any atom is -0.478 e. The van der Waals surface area contributed by atoms with Crippen molar-refractivity contribution >= 4 is 5.97 Å². The van der Waals surface area contributed by atoms with Gasteiger partial charge in [0.05, 0.1) is 30.5 Å². The number of rotatable bonds is 4. The number of imidazole rings is 1. The fraction of sp³-hybridized carbons (Fsp3) is 0.364. The third kappa shape index (κ3) is 2.20. The molecule has 0 bridgehead atoms. The Morgan fingerprint density at radius 3 is 2.88 bits per heavy atom. The van der Waals surface area contributed by atoms with Crippen molar-refractivity contribution in [1.29, 1.82) is 0 Å². The van der Waals surface area contributed by atoms with Gasteiger partial charge in [-0.2, -0.15) is 5.10 Å². The first-order chi connectivity index (χ1) is 8.11. The molecule has 0 saturated carbocycles. The van der Waals surface area contributed by atoms with Crippen LogP contribution in [0.2, 0.25) is 0 Å². The van der Waals surface area contributed by atoms with Gasteiger partial charge in [0.15, 0.2) is 0 Å². The average Bonchev–Trinajstić information content (AvgIpc) is 2.85. The molecule has 17 heavy (non-hydrogen) atoms.